The molecule has 0 spiro atoms. The van der Waals surface area contributed by atoms with Crippen molar-refractivity contribution >= 4 is 12.1 Å². The SMILES string of the molecule is CC(=O)CC1C(C)[C@@H](C)C2CC1(C=O)CC2(C)O. The lowest BCUT2D eigenvalue weighted by Gasteiger charge is -2.45. The molecule has 2 bridgehead atoms. The highest BCUT2D eigenvalue weighted by molar-refractivity contribution is 5.77. The van der Waals surface area contributed by atoms with Crippen LogP contribution in [0.15, 0.2) is 0 Å². The van der Waals surface area contributed by atoms with Crippen molar-refractivity contribution in [3.05, 3.63) is 0 Å². The number of hydrogen-bond acceptors (Lipinski definition) is 3. The summed E-state index contributed by atoms with van der Waals surface area (Å²) >= 11 is 0. The zero-order valence-electron chi connectivity index (χ0n) is 11.8. The molecule has 18 heavy (non-hydrogen) atoms. The summed E-state index contributed by atoms with van der Waals surface area (Å²) in [5.74, 6) is 1.09. The van der Waals surface area contributed by atoms with Crippen LogP contribution in [0.25, 0.3) is 0 Å². The predicted octanol–water partition coefficient (Wildman–Crippen LogP) is 2.21. The molecule has 0 aromatic heterocycles. The molecule has 1 N–H and O–H groups in total. The van der Waals surface area contributed by atoms with E-state index in [0.29, 0.717) is 24.7 Å². The van der Waals surface area contributed by atoms with E-state index >= 15 is 0 Å². The summed E-state index contributed by atoms with van der Waals surface area (Å²) in [7, 11) is 0. The second kappa shape index (κ2) is 4.16. The van der Waals surface area contributed by atoms with Gasteiger partial charge in [0.15, 0.2) is 0 Å². The summed E-state index contributed by atoms with van der Waals surface area (Å²) in [6.07, 6.45) is 2.75. The minimum Gasteiger partial charge on any atom is -0.390 e. The number of carbonyl (C=O) groups excluding carboxylic acids is 2. The van der Waals surface area contributed by atoms with Crippen LogP contribution in [0.2, 0.25) is 0 Å². The largest absolute Gasteiger partial charge is 0.390 e. The maximum atomic E-state index is 11.6. The van der Waals surface area contributed by atoms with Crippen LogP contribution in [-0.4, -0.2) is 22.8 Å². The second-order valence-corrected chi connectivity index (χ2v) is 6.93. The van der Waals surface area contributed by atoms with Gasteiger partial charge in [0.25, 0.3) is 0 Å². The maximum Gasteiger partial charge on any atom is 0.130 e. The first-order valence-corrected chi connectivity index (χ1v) is 6.91. The van der Waals surface area contributed by atoms with E-state index in [1.807, 2.05) is 6.92 Å². The highest BCUT2D eigenvalue weighted by Crippen LogP contribution is 2.62. The lowest BCUT2D eigenvalue weighted by Crippen LogP contribution is -2.43. The van der Waals surface area contributed by atoms with Crippen molar-refractivity contribution in [2.75, 3.05) is 0 Å². The molecular formula is C15H24O3. The summed E-state index contributed by atoms with van der Waals surface area (Å²) in [4.78, 5) is 23.1. The van der Waals surface area contributed by atoms with E-state index in [2.05, 4.69) is 13.8 Å². The Bertz CT molecular complexity index is 374. The highest BCUT2D eigenvalue weighted by atomic mass is 16.3. The molecule has 102 valence electrons. The quantitative estimate of drug-likeness (QED) is 0.784. The molecule has 0 heterocycles. The van der Waals surface area contributed by atoms with E-state index < -0.39 is 11.0 Å². The Morgan fingerprint density at radius 1 is 1.39 bits per heavy atom. The molecule has 0 amide bonds. The van der Waals surface area contributed by atoms with Crippen molar-refractivity contribution in [2.45, 2.75) is 52.6 Å². The molecule has 2 aliphatic rings. The first-order chi connectivity index (χ1) is 8.23. The molecule has 6 atom stereocenters. The monoisotopic (exact) mass is 252 g/mol. The van der Waals surface area contributed by atoms with Crippen molar-refractivity contribution in [3.63, 3.8) is 0 Å². The predicted molar refractivity (Wildman–Crippen MR) is 69.0 cm³/mol. The van der Waals surface area contributed by atoms with Crippen molar-refractivity contribution in [2.24, 2.45) is 29.1 Å². The molecule has 3 nitrogen and oxygen atoms in total. The molecule has 3 heteroatoms. The van der Waals surface area contributed by atoms with Crippen LogP contribution in [0.4, 0.5) is 0 Å². The van der Waals surface area contributed by atoms with Crippen LogP contribution in [-0.2, 0) is 9.59 Å². The molecule has 2 saturated carbocycles. The molecule has 5 unspecified atom stereocenters. The molecule has 2 fully saturated rings. The molecule has 2 rings (SSSR count). The Morgan fingerprint density at radius 3 is 2.50 bits per heavy atom. The molecule has 0 aliphatic heterocycles. The van der Waals surface area contributed by atoms with E-state index in [4.69, 9.17) is 0 Å². The lowest BCUT2D eigenvalue weighted by molar-refractivity contribution is -0.127. The standard InChI is InChI=1S/C15H24O3/c1-9(17)5-12-10(2)11(3)13-6-15(12,8-16)7-14(13,4)18/h8,10-13,18H,5-7H2,1-4H3/t10?,11-,12?,13?,14?,15?/m1/s1. The van der Waals surface area contributed by atoms with Crippen LogP contribution in [0.5, 0.6) is 0 Å². The molecule has 2 aliphatic carbocycles. The topological polar surface area (TPSA) is 54.4 Å². The Kier molecular flexibility index (Phi) is 3.17. The van der Waals surface area contributed by atoms with E-state index in [1.54, 1.807) is 6.92 Å². The summed E-state index contributed by atoms with van der Waals surface area (Å²) in [6.45, 7) is 7.72. The van der Waals surface area contributed by atoms with Gasteiger partial charge < -0.3 is 14.7 Å². The highest BCUT2D eigenvalue weighted by Gasteiger charge is 2.62. The molecular weight excluding hydrogens is 228 g/mol. The number of Topliss-reactive ketones (excluding diaryl/α,β-unsaturated/α-hetero) is 1. The normalized spacial score (nSPS) is 51.2. The van der Waals surface area contributed by atoms with Gasteiger partial charge in [-0.25, -0.2) is 0 Å². The van der Waals surface area contributed by atoms with Gasteiger partial charge in [-0.3, -0.25) is 0 Å². The van der Waals surface area contributed by atoms with Crippen molar-refractivity contribution in [3.8, 4) is 0 Å². The second-order valence-electron chi connectivity index (χ2n) is 6.93. The summed E-state index contributed by atoms with van der Waals surface area (Å²) in [5, 5.41) is 10.6. The van der Waals surface area contributed by atoms with Crippen LogP contribution >= 0.6 is 0 Å². The third-order valence-electron chi connectivity index (χ3n) is 5.67. The van der Waals surface area contributed by atoms with Gasteiger partial charge in [0, 0.05) is 11.8 Å². The van der Waals surface area contributed by atoms with Crippen LogP contribution in [0.3, 0.4) is 0 Å². The number of fused-ring (bicyclic) bond motifs is 2. The minimum absolute atomic E-state index is 0.0905. The van der Waals surface area contributed by atoms with Crippen LogP contribution in [0.1, 0.15) is 47.0 Å². The molecule has 0 aromatic rings. The summed E-state index contributed by atoms with van der Waals surface area (Å²) in [5.41, 5.74) is -1.24. The number of hydrogen-bond donors (Lipinski definition) is 1. The van der Waals surface area contributed by atoms with E-state index in [0.717, 1.165) is 12.7 Å². The van der Waals surface area contributed by atoms with Gasteiger partial charge >= 0.3 is 0 Å². The zero-order valence-corrected chi connectivity index (χ0v) is 11.8. The van der Waals surface area contributed by atoms with E-state index in [1.165, 1.54) is 0 Å². The third kappa shape index (κ3) is 1.83. The Balaban J connectivity index is 2.41. The molecule has 0 aromatic carbocycles. The summed E-state index contributed by atoms with van der Waals surface area (Å²) < 4.78 is 0. The fourth-order valence-corrected chi connectivity index (χ4v) is 4.67. The zero-order chi connectivity index (χ0) is 13.7. The number of ketones is 1. The van der Waals surface area contributed by atoms with Crippen molar-refractivity contribution in [1.29, 1.82) is 0 Å². The fourth-order valence-electron chi connectivity index (χ4n) is 4.67. The average Bonchev–Trinajstić information content (AvgIpc) is 2.53. The van der Waals surface area contributed by atoms with E-state index in [-0.39, 0.29) is 17.6 Å². The van der Waals surface area contributed by atoms with Gasteiger partial charge in [0.2, 0.25) is 0 Å². The Morgan fingerprint density at radius 2 is 2.00 bits per heavy atom. The van der Waals surface area contributed by atoms with Gasteiger partial charge in [0.1, 0.15) is 12.1 Å². The number of aldehydes is 1. The minimum atomic E-state index is -0.764. The van der Waals surface area contributed by atoms with Gasteiger partial charge in [-0.2, -0.15) is 0 Å². The first kappa shape index (κ1) is 13.7. The molecule has 0 saturated heterocycles. The average molecular weight is 252 g/mol. The van der Waals surface area contributed by atoms with Crippen molar-refractivity contribution in [1.82, 2.24) is 0 Å². The smallest absolute Gasteiger partial charge is 0.130 e. The first-order valence-electron chi connectivity index (χ1n) is 6.91. The third-order valence-corrected chi connectivity index (χ3v) is 5.67. The van der Waals surface area contributed by atoms with Crippen LogP contribution < -0.4 is 0 Å². The molecule has 0 radical (unpaired) electrons. The van der Waals surface area contributed by atoms with Gasteiger partial charge in [0.05, 0.1) is 5.60 Å². The van der Waals surface area contributed by atoms with E-state index in [9.17, 15) is 14.7 Å². The summed E-state index contributed by atoms with van der Waals surface area (Å²) in [6, 6.07) is 0. The lowest BCUT2D eigenvalue weighted by atomic mass is 9.58. The fraction of sp³-hybridized carbons (Fsp3) is 0.867. The van der Waals surface area contributed by atoms with Gasteiger partial charge in [-0.05, 0) is 50.4 Å². The van der Waals surface area contributed by atoms with Crippen molar-refractivity contribution < 1.29 is 14.7 Å². The van der Waals surface area contributed by atoms with Gasteiger partial charge in [-0.15, -0.1) is 0 Å². The number of aliphatic hydroxyl groups is 1. The maximum absolute atomic E-state index is 11.6. The Labute approximate surface area is 109 Å². The Hall–Kier alpha value is -0.700. The number of carbonyl (C=O) groups is 2. The number of rotatable bonds is 3. The van der Waals surface area contributed by atoms with Crippen LogP contribution in [0, 0.1) is 29.1 Å². The van der Waals surface area contributed by atoms with Gasteiger partial charge in [-0.1, -0.05) is 13.8 Å².